The lowest BCUT2D eigenvalue weighted by Gasteiger charge is -2.13. The van der Waals surface area contributed by atoms with E-state index in [0.717, 1.165) is 35.6 Å². The molecule has 1 aliphatic heterocycles. The number of unbranched alkanes of at least 4 members (excludes halogenated alkanes) is 2. The molecule has 0 spiro atoms. The van der Waals surface area contributed by atoms with Crippen LogP contribution >= 0.6 is 11.8 Å². The summed E-state index contributed by atoms with van der Waals surface area (Å²) in [4.78, 5) is 80.9. The molecule has 0 aromatic carbocycles. The Hall–Kier alpha value is -3.42. The molecule has 1 rings (SSSR count). The molecule has 1 heterocycles. The summed E-state index contributed by atoms with van der Waals surface area (Å²) in [6.07, 6.45) is 4.48. The van der Waals surface area contributed by atoms with E-state index < -0.39 is 41.4 Å². The van der Waals surface area contributed by atoms with Crippen molar-refractivity contribution in [2.75, 3.05) is 37.8 Å². The van der Waals surface area contributed by atoms with Crippen molar-refractivity contribution >= 4 is 53.2 Å². The summed E-state index contributed by atoms with van der Waals surface area (Å²) >= 11 is 1.48. The van der Waals surface area contributed by atoms with E-state index in [1.54, 1.807) is 0 Å². The minimum atomic E-state index is -0.811. The minimum absolute atomic E-state index is 0.103. The van der Waals surface area contributed by atoms with Crippen molar-refractivity contribution < 1.29 is 38.7 Å². The number of nitrogens with zero attached hydrogens (tertiary/aromatic N) is 1. The average Bonchev–Trinajstić information content (AvgIpc) is 3.11. The van der Waals surface area contributed by atoms with E-state index in [0.29, 0.717) is 12.3 Å². The molecule has 0 unspecified atom stereocenters. The highest BCUT2D eigenvalue weighted by Crippen LogP contribution is 2.06. The monoisotopic (exact) mass is 499 g/mol. The van der Waals surface area contributed by atoms with Crippen LogP contribution in [0.1, 0.15) is 32.1 Å². The van der Waals surface area contributed by atoms with Gasteiger partial charge in [0.1, 0.15) is 0 Å². The number of carboxylic acid groups (broad SMARTS) is 1. The SMILES string of the molecule is O=C(O)CCCCCSCNC(=O)CNC(=O)CNC(=O)CNC(=O)CCN1C(=O)C=CC1=O. The standard InChI is InChI=1S/C20H29N5O8S/c26-14(7-8-25-18(30)5-6-19(25)31)21-10-15(27)22-11-16(28)23-12-17(29)24-13-34-9-3-1-2-4-20(32)33/h5-6H,1-4,7-13H2,(H,21,26)(H,22,27)(H,23,28)(H,24,29)(H,32,33). The molecule has 5 N–H and O–H groups in total. The highest BCUT2D eigenvalue weighted by molar-refractivity contribution is 7.99. The van der Waals surface area contributed by atoms with Crippen LogP contribution < -0.4 is 21.3 Å². The number of carbonyl (C=O) groups is 7. The predicted molar refractivity (Wildman–Crippen MR) is 121 cm³/mol. The van der Waals surface area contributed by atoms with Crippen LogP contribution in [0, 0.1) is 0 Å². The molecular formula is C20H29N5O8S. The van der Waals surface area contributed by atoms with Crippen LogP contribution in [0.3, 0.4) is 0 Å². The Morgan fingerprint density at radius 1 is 0.735 bits per heavy atom. The molecule has 13 nitrogen and oxygen atoms in total. The fraction of sp³-hybridized carbons (Fsp3) is 0.550. The number of hydrogen-bond donors (Lipinski definition) is 5. The van der Waals surface area contributed by atoms with Gasteiger partial charge in [0.25, 0.3) is 11.8 Å². The largest absolute Gasteiger partial charge is 0.481 e. The van der Waals surface area contributed by atoms with Gasteiger partial charge >= 0.3 is 5.97 Å². The number of aliphatic carboxylic acids is 1. The van der Waals surface area contributed by atoms with Crippen molar-refractivity contribution in [1.82, 2.24) is 26.2 Å². The Balaban J connectivity index is 2.02. The summed E-state index contributed by atoms with van der Waals surface area (Å²) in [5.74, 6) is -2.81. The second kappa shape index (κ2) is 16.2. The molecule has 0 bridgehead atoms. The molecule has 0 saturated carbocycles. The maximum Gasteiger partial charge on any atom is 0.303 e. The summed E-state index contributed by atoms with van der Waals surface area (Å²) in [5, 5.41) is 18.1. The van der Waals surface area contributed by atoms with E-state index in [1.165, 1.54) is 11.8 Å². The molecule has 0 radical (unpaired) electrons. The normalized spacial score (nSPS) is 12.4. The molecule has 1 aliphatic rings. The number of carboxylic acids is 1. The van der Waals surface area contributed by atoms with Gasteiger partial charge < -0.3 is 26.4 Å². The van der Waals surface area contributed by atoms with Crippen molar-refractivity contribution in [3.8, 4) is 0 Å². The summed E-state index contributed by atoms with van der Waals surface area (Å²) in [6.45, 7) is -1.13. The van der Waals surface area contributed by atoms with E-state index in [9.17, 15) is 33.6 Å². The third-order valence-corrected chi connectivity index (χ3v) is 5.28. The van der Waals surface area contributed by atoms with Crippen LogP contribution in [-0.2, 0) is 33.6 Å². The first kappa shape index (κ1) is 28.6. The van der Waals surface area contributed by atoms with Gasteiger partial charge in [-0.2, -0.15) is 0 Å². The predicted octanol–water partition coefficient (Wildman–Crippen LogP) is -1.90. The number of thioether (sulfide) groups is 1. The molecule has 0 saturated heterocycles. The van der Waals surface area contributed by atoms with Gasteiger partial charge in [0, 0.05) is 31.5 Å². The maximum atomic E-state index is 11.7. The van der Waals surface area contributed by atoms with E-state index in [4.69, 9.17) is 5.11 Å². The lowest BCUT2D eigenvalue weighted by Crippen LogP contribution is -2.44. The molecule has 6 amide bonds. The molecule has 34 heavy (non-hydrogen) atoms. The number of carbonyl (C=O) groups excluding carboxylic acids is 6. The van der Waals surface area contributed by atoms with Crippen molar-refractivity contribution in [2.45, 2.75) is 32.1 Å². The Morgan fingerprint density at radius 3 is 1.82 bits per heavy atom. The van der Waals surface area contributed by atoms with E-state index >= 15 is 0 Å². The van der Waals surface area contributed by atoms with Gasteiger partial charge in [-0.3, -0.25) is 38.5 Å². The van der Waals surface area contributed by atoms with Gasteiger partial charge in [0.2, 0.25) is 23.6 Å². The smallest absolute Gasteiger partial charge is 0.303 e. The highest BCUT2D eigenvalue weighted by Gasteiger charge is 2.23. The summed E-state index contributed by atoms with van der Waals surface area (Å²) in [6, 6.07) is 0. The van der Waals surface area contributed by atoms with Crippen LogP contribution in [-0.4, -0.2) is 89.2 Å². The molecular weight excluding hydrogens is 470 g/mol. The summed E-state index contributed by atoms with van der Waals surface area (Å²) in [7, 11) is 0. The molecule has 0 aliphatic carbocycles. The third kappa shape index (κ3) is 13.2. The molecule has 14 heteroatoms. The van der Waals surface area contributed by atoms with Crippen molar-refractivity contribution in [2.24, 2.45) is 0 Å². The van der Waals surface area contributed by atoms with Crippen LogP contribution in [0.5, 0.6) is 0 Å². The number of nitrogens with one attached hydrogen (secondary N) is 4. The Morgan fingerprint density at radius 2 is 1.26 bits per heavy atom. The van der Waals surface area contributed by atoms with Crippen LogP contribution in [0.4, 0.5) is 0 Å². The Kier molecular flexibility index (Phi) is 13.7. The number of hydrogen-bond acceptors (Lipinski definition) is 8. The summed E-state index contributed by atoms with van der Waals surface area (Å²) in [5.41, 5.74) is 0. The van der Waals surface area contributed by atoms with Crippen molar-refractivity contribution in [3.63, 3.8) is 0 Å². The Labute approximate surface area is 200 Å². The first-order chi connectivity index (χ1) is 16.2. The van der Waals surface area contributed by atoms with E-state index in [-0.39, 0.29) is 39.0 Å². The minimum Gasteiger partial charge on any atom is -0.481 e. The molecule has 0 aromatic heterocycles. The first-order valence-electron chi connectivity index (χ1n) is 10.6. The fourth-order valence-electron chi connectivity index (χ4n) is 2.54. The molecule has 0 atom stereocenters. The fourth-order valence-corrected chi connectivity index (χ4v) is 3.35. The van der Waals surface area contributed by atoms with Crippen LogP contribution in [0.15, 0.2) is 12.2 Å². The second-order valence-electron chi connectivity index (χ2n) is 7.10. The van der Waals surface area contributed by atoms with E-state index in [1.807, 2.05) is 0 Å². The quantitative estimate of drug-likeness (QED) is 0.0864. The van der Waals surface area contributed by atoms with Crippen molar-refractivity contribution in [3.05, 3.63) is 12.2 Å². The van der Waals surface area contributed by atoms with Gasteiger partial charge in [-0.05, 0) is 18.6 Å². The number of imide groups is 1. The number of rotatable bonds is 17. The highest BCUT2D eigenvalue weighted by atomic mass is 32.2. The van der Waals surface area contributed by atoms with Crippen LogP contribution in [0.2, 0.25) is 0 Å². The molecule has 0 fully saturated rings. The van der Waals surface area contributed by atoms with E-state index in [2.05, 4.69) is 21.3 Å². The van der Waals surface area contributed by atoms with Gasteiger partial charge in [-0.1, -0.05) is 6.42 Å². The molecule has 188 valence electrons. The van der Waals surface area contributed by atoms with Gasteiger partial charge in [0.15, 0.2) is 0 Å². The lowest BCUT2D eigenvalue weighted by atomic mass is 10.2. The number of amides is 6. The van der Waals surface area contributed by atoms with Crippen molar-refractivity contribution in [1.29, 1.82) is 0 Å². The zero-order valence-corrected chi connectivity index (χ0v) is 19.4. The topological polar surface area (TPSA) is 191 Å². The Bertz CT molecular complexity index is 799. The zero-order chi connectivity index (χ0) is 25.3. The third-order valence-electron chi connectivity index (χ3n) is 4.35. The maximum absolute atomic E-state index is 11.7. The first-order valence-corrected chi connectivity index (χ1v) is 11.7. The van der Waals surface area contributed by atoms with Gasteiger partial charge in [-0.15, -0.1) is 11.8 Å². The van der Waals surface area contributed by atoms with Gasteiger partial charge in [-0.25, -0.2) is 0 Å². The van der Waals surface area contributed by atoms with Gasteiger partial charge in [0.05, 0.1) is 25.5 Å². The summed E-state index contributed by atoms with van der Waals surface area (Å²) < 4.78 is 0. The zero-order valence-electron chi connectivity index (χ0n) is 18.6. The molecule has 0 aromatic rings. The average molecular weight is 500 g/mol. The lowest BCUT2D eigenvalue weighted by molar-refractivity contribution is -0.138. The second-order valence-corrected chi connectivity index (χ2v) is 8.20. The van der Waals surface area contributed by atoms with Crippen LogP contribution in [0.25, 0.3) is 0 Å².